The lowest BCUT2D eigenvalue weighted by molar-refractivity contribution is 0.195. The second-order valence-corrected chi connectivity index (χ2v) is 7.46. The number of nitrogens with zero attached hydrogens (tertiary/aromatic N) is 7. The van der Waals surface area contributed by atoms with E-state index >= 15 is 0 Å². The summed E-state index contributed by atoms with van der Waals surface area (Å²) in [5, 5.41) is 19.7. The van der Waals surface area contributed by atoms with Crippen molar-refractivity contribution < 1.29 is 4.74 Å². The van der Waals surface area contributed by atoms with Gasteiger partial charge in [0, 0.05) is 59.7 Å². The van der Waals surface area contributed by atoms with Crippen LogP contribution in [-0.2, 0) is 25.4 Å². The molecule has 3 rings (SSSR count). The van der Waals surface area contributed by atoms with E-state index in [1.54, 1.807) is 7.11 Å². The molecule has 1 saturated heterocycles. The molecule has 2 aromatic rings. The molecule has 0 aromatic carbocycles. The maximum absolute atomic E-state index is 5.15. The third-order valence-electron chi connectivity index (χ3n) is 5.20. The average molecular weight is 404 g/mol. The highest BCUT2D eigenvalue weighted by Crippen LogP contribution is 2.19. The van der Waals surface area contributed by atoms with E-state index in [1.807, 2.05) is 36.5 Å². The van der Waals surface area contributed by atoms with Crippen LogP contribution in [0.15, 0.2) is 17.4 Å². The van der Waals surface area contributed by atoms with E-state index in [9.17, 15) is 0 Å². The molecule has 3 heterocycles. The number of guanidine groups is 1. The van der Waals surface area contributed by atoms with E-state index < -0.39 is 0 Å². The molecule has 1 atom stereocenters. The number of rotatable bonds is 8. The number of aliphatic imine (C=N–C) groups is 1. The molecule has 1 fully saturated rings. The number of ether oxygens (including phenoxy) is 1. The van der Waals surface area contributed by atoms with Gasteiger partial charge in [0.2, 0.25) is 0 Å². The number of methoxy groups -OCH3 is 1. The van der Waals surface area contributed by atoms with Crippen LogP contribution in [0.3, 0.4) is 0 Å². The van der Waals surface area contributed by atoms with Crippen molar-refractivity contribution in [3.8, 4) is 0 Å². The largest absolute Gasteiger partial charge is 0.385 e. The fourth-order valence-corrected chi connectivity index (χ4v) is 3.41. The highest BCUT2D eigenvalue weighted by molar-refractivity contribution is 5.80. The molecule has 0 radical (unpaired) electrons. The molecule has 10 nitrogen and oxygen atoms in total. The summed E-state index contributed by atoms with van der Waals surface area (Å²) in [6, 6.07) is 0.318. The van der Waals surface area contributed by atoms with E-state index in [1.165, 1.54) is 5.69 Å². The molecule has 1 unspecified atom stereocenters. The molecule has 1 aliphatic heterocycles. The van der Waals surface area contributed by atoms with Gasteiger partial charge in [-0.05, 0) is 26.2 Å². The number of anilines is 1. The molecule has 2 N–H and O–H groups in total. The first-order valence-corrected chi connectivity index (χ1v) is 10.2. The van der Waals surface area contributed by atoms with Gasteiger partial charge in [-0.3, -0.25) is 4.68 Å². The Labute approximate surface area is 172 Å². The van der Waals surface area contributed by atoms with E-state index in [0.29, 0.717) is 12.6 Å². The van der Waals surface area contributed by atoms with Crippen molar-refractivity contribution in [3.63, 3.8) is 0 Å². The second kappa shape index (κ2) is 10.2. The summed E-state index contributed by atoms with van der Waals surface area (Å²) in [7, 11) is 5.64. The third-order valence-corrected chi connectivity index (χ3v) is 5.20. The Balaban J connectivity index is 1.63. The SMILES string of the molecule is COCCCNC(=NCc1nnc(C)n1C)NC1CCCN(c2cnn(C)c2)C1. The molecule has 0 amide bonds. The number of nitrogens with one attached hydrogen (secondary N) is 2. The van der Waals surface area contributed by atoms with Crippen LogP contribution in [0.1, 0.15) is 30.9 Å². The monoisotopic (exact) mass is 403 g/mol. The van der Waals surface area contributed by atoms with Gasteiger partial charge in [-0.25, -0.2) is 4.99 Å². The van der Waals surface area contributed by atoms with Gasteiger partial charge < -0.3 is 24.8 Å². The quantitative estimate of drug-likeness (QED) is 0.378. The van der Waals surface area contributed by atoms with Gasteiger partial charge in [0.05, 0.1) is 11.9 Å². The normalized spacial score (nSPS) is 17.6. The van der Waals surface area contributed by atoms with Crippen LogP contribution in [0.5, 0.6) is 0 Å². The summed E-state index contributed by atoms with van der Waals surface area (Å²) in [6.45, 7) is 5.92. The number of aryl methyl sites for hydroxylation is 2. The summed E-state index contributed by atoms with van der Waals surface area (Å²) in [6.07, 6.45) is 7.16. The van der Waals surface area contributed by atoms with Gasteiger partial charge in [-0.15, -0.1) is 10.2 Å². The first-order valence-electron chi connectivity index (χ1n) is 10.2. The lowest BCUT2D eigenvalue weighted by atomic mass is 10.1. The van der Waals surface area contributed by atoms with Crippen molar-refractivity contribution in [3.05, 3.63) is 24.0 Å². The lowest BCUT2D eigenvalue weighted by Crippen LogP contribution is -2.51. The van der Waals surface area contributed by atoms with Gasteiger partial charge in [-0.1, -0.05) is 0 Å². The van der Waals surface area contributed by atoms with Gasteiger partial charge >= 0.3 is 0 Å². The zero-order chi connectivity index (χ0) is 20.6. The Morgan fingerprint density at radius 3 is 2.90 bits per heavy atom. The summed E-state index contributed by atoms with van der Waals surface area (Å²) < 4.78 is 8.97. The van der Waals surface area contributed by atoms with E-state index in [4.69, 9.17) is 9.73 Å². The van der Waals surface area contributed by atoms with Gasteiger partial charge in [0.1, 0.15) is 12.4 Å². The molecule has 0 aliphatic carbocycles. The van der Waals surface area contributed by atoms with Crippen molar-refractivity contribution >= 4 is 11.6 Å². The summed E-state index contributed by atoms with van der Waals surface area (Å²) in [4.78, 5) is 7.13. The fourth-order valence-electron chi connectivity index (χ4n) is 3.41. The molecule has 29 heavy (non-hydrogen) atoms. The van der Waals surface area contributed by atoms with E-state index in [0.717, 1.165) is 63.1 Å². The van der Waals surface area contributed by atoms with Crippen LogP contribution in [0, 0.1) is 6.92 Å². The minimum atomic E-state index is 0.318. The molecule has 0 bridgehead atoms. The second-order valence-electron chi connectivity index (χ2n) is 7.46. The molecule has 1 aliphatic rings. The molecule has 10 heteroatoms. The maximum Gasteiger partial charge on any atom is 0.191 e. The van der Waals surface area contributed by atoms with Crippen LogP contribution in [0.25, 0.3) is 0 Å². The van der Waals surface area contributed by atoms with Gasteiger partial charge in [0.25, 0.3) is 0 Å². The molecule has 0 spiro atoms. The number of aromatic nitrogens is 5. The highest BCUT2D eigenvalue weighted by Gasteiger charge is 2.22. The van der Waals surface area contributed by atoms with E-state index in [-0.39, 0.29) is 0 Å². The van der Waals surface area contributed by atoms with Crippen molar-refractivity contribution in [1.29, 1.82) is 0 Å². The highest BCUT2D eigenvalue weighted by atomic mass is 16.5. The van der Waals surface area contributed by atoms with Crippen molar-refractivity contribution in [2.24, 2.45) is 19.1 Å². The topological polar surface area (TPSA) is 97.4 Å². The minimum Gasteiger partial charge on any atom is -0.385 e. The standard InChI is InChI=1S/C19H33N9O/c1-15-24-25-18(27(15)3)12-21-19(20-8-6-10-29-4)23-16-7-5-9-28(13-16)17-11-22-26(2)14-17/h11,14,16H,5-10,12-13H2,1-4H3,(H2,20,21,23). The molecule has 2 aromatic heterocycles. The maximum atomic E-state index is 5.15. The third kappa shape index (κ3) is 5.93. The Morgan fingerprint density at radius 2 is 2.21 bits per heavy atom. The summed E-state index contributed by atoms with van der Waals surface area (Å²) >= 11 is 0. The minimum absolute atomic E-state index is 0.318. The Bertz CT molecular complexity index is 797. The zero-order valence-electron chi connectivity index (χ0n) is 17.9. The Morgan fingerprint density at radius 1 is 1.34 bits per heavy atom. The zero-order valence-corrected chi connectivity index (χ0v) is 17.9. The van der Waals surface area contributed by atoms with Crippen LogP contribution in [0.4, 0.5) is 5.69 Å². The molecule has 0 saturated carbocycles. The lowest BCUT2D eigenvalue weighted by Gasteiger charge is -2.34. The van der Waals surface area contributed by atoms with Crippen LogP contribution in [-0.4, -0.2) is 69.9 Å². The van der Waals surface area contributed by atoms with Crippen molar-refractivity contribution in [1.82, 2.24) is 35.2 Å². The van der Waals surface area contributed by atoms with Crippen LogP contribution >= 0.6 is 0 Å². The molecular weight excluding hydrogens is 370 g/mol. The van der Waals surface area contributed by atoms with Crippen LogP contribution < -0.4 is 15.5 Å². The van der Waals surface area contributed by atoms with Crippen molar-refractivity contribution in [2.75, 3.05) is 38.3 Å². The smallest absolute Gasteiger partial charge is 0.191 e. The van der Waals surface area contributed by atoms with E-state index in [2.05, 4.69) is 37.0 Å². The number of hydrogen-bond acceptors (Lipinski definition) is 6. The first-order chi connectivity index (χ1) is 14.1. The number of hydrogen-bond donors (Lipinski definition) is 2. The first kappa shape index (κ1) is 21.1. The Hall–Kier alpha value is -2.62. The molecular formula is C19H33N9O. The van der Waals surface area contributed by atoms with Crippen molar-refractivity contribution in [2.45, 2.75) is 38.8 Å². The van der Waals surface area contributed by atoms with Crippen LogP contribution in [0.2, 0.25) is 0 Å². The van der Waals surface area contributed by atoms with Gasteiger partial charge in [0.15, 0.2) is 11.8 Å². The van der Waals surface area contributed by atoms with Gasteiger partial charge in [-0.2, -0.15) is 5.10 Å². The number of piperidine rings is 1. The predicted octanol–water partition coefficient (Wildman–Crippen LogP) is 0.598. The summed E-state index contributed by atoms with van der Waals surface area (Å²) in [5.74, 6) is 2.54. The molecule has 160 valence electrons. The predicted molar refractivity (Wildman–Crippen MR) is 113 cm³/mol. The summed E-state index contributed by atoms with van der Waals surface area (Å²) in [5.41, 5.74) is 1.17. The Kier molecular flexibility index (Phi) is 7.45. The fraction of sp³-hybridized carbons (Fsp3) is 0.684. The average Bonchev–Trinajstić information content (AvgIpc) is 3.29.